The summed E-state index contributed by atoms with van der Waals surface area (Å²) in [5.74, 6) is 1.06. The molecule has 4 aromatic rings. The Morgan fingerprint density at radius 2 is 2.00 bits per heavy atom. The third-order valence-corrected chi connectivity index (χ3v) is 6.68. The molecule has 1 amide bonds. The van der Waals surface area contributed by atoms with E-state index in [-0.39, 0.29) is 5.91 Å². The Balaban J connectivity index is 1.35. The zero-order chi connectivity index (χ0) is 25.1. The highest BCUT2D eigenvalue weighted by atomic mass is 32.1. The number of hydrogen-bond donors (Lipinski definition) is 3. The number of carbonyl (C=O) groups excluding carboxylic acids is 1. The Morgan fingerprint density at radius 1 is 1.17 bits per heavy atom. The van der Waals surface area contributed by atoms with Crippen LogP contribution in [0.4, 0.5) is 23.0 Å². The molecule has 1 unspecified atom stereocenters. The van der Waals surface area contributed by atoms with E-state index in [4.69, 9.17) is 4.74 Å². The number of nitrogens with zero attached hydrogens (tertiary/aromatic N) is 4. The molecule has 1 aliphatic heterocycles. The van der Waals surface area contributed by atoms with Crippen LogP contribution in [0.3, 0.4) is 0 Å². The first-order chi connectivity index (χ1) is 17.5. The molecule has 5 rings (SSSR count). The van der Waals surface area contributed by atoms with Crippen LogP contribution in [-0.2, 0) is 4.79 Å². The minimum atomic E-state index is -0.532. The minimum Gasteiger partial charge on any atom is -0.437 e. The zero-order valence-electron chi connectivity index (χ0n) is 19.7. The lowest BCUT2D eigenvalue weighted by molar-refractivity contribution is -0.111. The van der Waals surface area contributed by atoms with E-state index in [0.29, 0.717) is 29.8 Å². The second-order valence-corrected chi connectivity index (χ2v) is 9.33. The smallest absolute Gasteiger partial charge is 0.247 e. The van der Waals surface area contributed by atoms with Gasteiger partial charge < -0.3 is 30.3 Å². The molecule has 0 aliphatic carbocycles. The zero-order valence-corrected chi connectivity index (χ0v) is 20.5. The number of benzene rings is 2. The summed E-state index contributed by atoms with van der Waals surface area (Å²) in [5, 5.41) is 18.3. The van der Waals surface area contributed by atoms with E-state index in [9.17, 15) is 9.90 Å². The van der Waals surface area contributed by atoms with E-state index in [1.54, 1.807) is 24.3 Å². The molecule has 0 bridgehead atoms. The molecule has 10 heteroatoms. The molecule has 1 fully saturated rings. The summed E-state index contributed by atoms with van der Waals surface area (Å²) >= 11 is 1.49. The first-order valence-electron chi connectivity index (χ1n) is 11.5. The summed E-state index contributed by atoms with van der Waals surface area (Å²) in [4.78, 5) is 25.0. The third kappa shape index (κ3) is 5.30. The maximum atomic E-state index is 11.6. The number of piperazine rings is 1. The van der Waals surface area contributed by atoms with Crippen molar-refractivity contribution < 1.29 is 14.6 Å². The van der Waals surface area contributed by atoms with Gasteiger partial charge in [-0.15, -0.1) is 11.3 Å². The summed E-state index contributed by atoms with van der Waals surface area (Å²) in [7, 11) is 2.01. The van der Waals surface area contributed by atoms with Crippen LogP contribution >= 0.6 is 11.3 Å². The van der Waals surface area contributed by atoms with Crippen LogP contribution in [-0.4, -0.2) is 58.8 Å². The average molecular weight is 503 g/mol. The lowest BCUT2D eigenvalue weighted by Gasteiger charge is -2.38. The van der Waals surface area contributed by atoms with Crippen molar-refractivity contribution in [1.82, 2.24) is 14.9 Å². The van der Waals surface area contributed by atoms with Gasteiger partial charge in [0.05, 0.1) is 5.52 Å². The van der Waals surface area contributed by atoms with Gasteiger partial charge in [-0.25, -0.2) is 4.98 Å². The van der Waals surface area contributed by atoms with Crippen LogP contribution in [0.1, 0.15) is 0 Å². The van der Waals surface area contributed by atoms with Gasteiger partial charge in [-0.05, 0) is 61.0 Å². The molecule has 1 aliphatic rings. The van der Waals surface area contributed by atoms with E-state index >= 15 is 0 Å². The minimum absolute atomic E-state index is 0.297. The van der Waals surface area contributed by atoms with Crippen LogP contribution in [0.15, 0.2) is 72.6 Å². The quantitative estimate of drug-likeness (QED) is 0.319. The van der Waals surface area contributed by atoms with Gasteiger partial charge in [-0.3, -0.25) is 4.79 Å². The van der Waals surface area contributed by atoms with E-state index < -0.39 is 6.23 Å². The van der Waals surface area contributed by atoms with E-state index in [1.165, 1.54) is 17.4 Å². The highest BCUT2D eigenvalue weighted by molar-refractivity contribution is 7.17. The number of rotatable bonds is 7. The molecule has 3 N–H and O–H groups in total. The number of fused-ring (bicyclic) bond motifs is 1. The summed E-state index contributed by atoms with van der Waals surface area (Å²) in [6, 6.07) is 16.8. The maximum Gasteiger partial charge on any atom is 0.247 e. The number of hydrogen-bond acceptors (Lipinski definition) is 9. The molecule has 36 heavy (non-hydrogen) atoms. The van der Waals surface area contributed by atoms with Crippen LogP contribution in [0, 0.1) is 0 Å². The van der Waals surface area contributed by atoms with Crippen LogP contribution in [0.5, 0.6) is 11.6 Å². The summed E-state index contributed by atoms with van der Waals surface area (Å²) in [6.07, 6.45) is 0.681. The third-order valence-electron chi connectivity index (χ3n) is 5.79. The molecule has 0 spiro atoms. The Morgan fingerprint density at radius 3 is 2.78 bits per heavy atom. The molecule has 1 atom stereocenters. The normalized spacial score (nSPS) is 16.1. The Hall–Kier alpha value is -3.99. The van der Waals surface area contributed by atoms with Crippen molar-refractivity contribution in [1.29, 1.82) is 0 Å². The van der Waals surface area contributed by atoms with E-state index in [0.717, 1.165) is 34.7 Å². The molecule has 2 aromatic heterocycles. The number of likely N-dealkylation sites (N-methyl/N-ethyl adjacent to an activating group) is 1. The lowest BCUT2D eigenvalue weighted by atomic mass is 10.2. The number of carbonyl (C=O) groups is 1. The molecule has 2 aromatic carbocycles. The molecule has 1 saturated heterocycles. The second kappa shape index (κ2) is 10.3. The number of anilines is 4. The number of ether oxygens (including phenoxy) is 1. The number of thiophene rings is 1. The summed E-state index contributed by atoms with van der Waals surface area (Å²) in [5.41, 5.74) is 3.14. The second-order valence-electron chi connectivity index (χ2n) is 8.42. The van der Waals surface area contributed by atoms with Crippen LogP contribution < -0.4 is 20.3 Å². The lowest BCUT2D eigenvalue weighted by Crippen LogP contribution is -2.51. The van der Waals surface area contributed by atoms with Gasteiger partial charge >= 0.3 is 0 Å². The van der Waals surface area contributed by atoms with Crippen molar-refractivity contribution in [3.05, 3.63) is 72.6 Å². The fourth-order valence-corrected chi connectivity index (χ4v) is 4.72. The number of aliphatic hydroxyl groups is 1. The number of amides is 1. The number of aliphatic hydroxyl groups excluding tert-OH is 1. The van der Waals surface area contributed by atoms with Gasteiger partial charge in [-0.2, -0.15) is 4.98 Å². The van der Waals surface area contributed by atoms with Crippen molar-refractivity contribution in [2.75, 3.05) is 42.2 Å². The summed E-state index contributed by atoms with van der Waals surface area (Å²) in [6.45, 7) is 5.75. The number of aromatic nitrogens is 2. The van der Waals surface area contributed by atoms with Gasteiger partial charge in [-0.1, -0.05) is 12.6 Å². The van der Waals surface area contributed by atoms with Gasteiger partial charge in [0.15, 0.2) is 0 Å². The molecular weight excluding hydrogens is 476 g/mol. The standard InChI is InChI=1S/C26H26N6O3S/c1-3-22(33)27-18-5-4-6-20(15-18)35-25-24-21(11-14-36-24)29-26(30-25)28-17-7-9-19(10-8-17)32-13-12-31(2)16-23(32)34/h3-11,14-15,23,34H,1,12-13,16H2,2H3,(H,27,33)(H,28,29,30). The molecule has 3 heterocycles. The van der Waals surface area contributed by atoms with Crippen LogP contribution in [0.2, 0.25) is 0 Å². The van der Waals surface area contributed by atoms with Crippen molar-refractivity contribution in [2.24, 2.45) is 0 Å². The Labute approximate surface area is 212 Å². The van der Waals surface area contributed by atoms with Gasteiger partial charge in [0.1, 0.15) is 16.7 Å². The van der Waals surface area contributed by atoms with Crippen molar-refractivity contribution in [3.8, 4) is 11.6 Å². The average Bonchev–Trinajstić information content (AvgIpc) is 3.34. The maximum absolute atomic E-state index is 11.6. The van der Waals surface area contributed by atoms with Crippen molar-refractivity contribution in [3.63, 3.8) is 0 Å². The fourth-order valence-electron chi connectivity index (χ4n) is 3.97. The predicted octanol–water partition coefficient (Wildman–Crippen LogP) is 4.42. The van der Waals surface area contributed by atoms with Crippen LogP contribution in [0.25, 0.3) is 10.2 Å². The largest absolute Gasteiger partial charge is 0.437 e. The Bertz CT molecular complexity index is 1390. The van der Waals surface area contributed by atoms with Crippen molar-refractivity contribution in [2.45, 2.75) is 6.23 Å². The highest BCUT2D eigenvalue weighted by Gasteiger charge is 2.23. The Kier molecular flexibility index (Phi) is 6.81. The first-order valence-corrected chi connectivity index (χ1v) is 12.3. The number of nitrogens with one attached hydrogen (secondary N) is 2. The first kappa shape index (κ1) is 23.7. The number of β-amino-alcohol motifs (C(OH)–C–C–N with tert-alkyl or cyclic N) is 1. The summed E-state index contributed by atoms with van der Waals surface area (Å²) < 4.78 is 6.93. The van der Waals surface area contributed by atoms with Crippen molar-refractivity contribution >= 4 is 50.5 Å². The molecule has 9 nitrogen and oxygen atoms in total. The highest BCUT2D eigenvalue weighted by Crippen LogP contribution is 2.34. The molecular formula is C26H26N6O3S. The molecule has 184 valence electrons. The predicted molar refractivity (Wildman–Crippen MR) is 143 cm³/mol. The van der Waals surface area contributed by atoms with Gasteiger partial charge in [0, 0.05) is 42.8 Å². The topological polar surface area (TPSA) is 103 Å². The fraction of sp³-hybridized carbons (Fsp3) is 0.192. The van der Waals surface area contributed by atoms with Gasteiger partial charge in [0.2, 0.25) is 17.7 Å². The SMILES string of the molecule is C=CC(=O)Nc1cccc(Oc2nc(Nc3ccc(N4CCN(C)CC4O)cc3)nc3ccsc23)c1. The van der Waals surface area contributed by atoms with Gasteiger partial charge in [0.25, 0.3) is 0 Å². The molecule has 0 radical (unpaired) electrons. The van der Waals surface area contributed by atoms with E-state index in [2.05, 4.69) is 32.1 Å². The molecule has 0 saturated carbocycles. The monoisotopic (exact) mass is 502 g/mol. The van der Waals surface area contributed by atoms with E-state index in [1.807, 2.05) is 47.7 Å².